The largest absolute Gasteiger partial charge is 0.480 e. The van der Waals surface area contributed by atoms with Gasteiger partial charge in [-0.25, -0.2) is 4.98 Å². The summed E-state index contributed by atoms with van der Waals surface area (Å²) in [6.45, 7) is 0.312. The van der Waals surface area contributed by atoms with Gasteiger partial charge in [-0.1, -0.05) is 30.3 Å². The quantitative estimate of drug-likeness (QED) is 0.813. The Kier molecular flexibility index (Phi) is 3.69. The van der Waals surface area contributed by atoms with E-state index < -0.39 is 12.0 Å². The van der Waals surface area contributed by atoms with E-state index in [2.05, 4.69) is 15.4 Å². The van der Waals surface area contributed by atoms with Crippen LogP contribution < -0.4 is 5.32 Å². The third-order valence-corrected chi connectivity index (χ3v) is 2.49. The van der Waals surface area contributed by atoms with Crippen molar-refractivity contribution in [2.24, 2.45) is 7.05 Å². The number of aliphatic carboxylic acids is 1. The fraction of sp³-hybridized carbons (Fsp3) is 0.250. The Hall–Kier alpha value is -2.21. The second-order valence-corrected chi connectivity index (χ2v) is 3.90. The van der Waals surface area contributed by atoms with E-state index in [0.29, 0.717) is 17.9 Å². The highest BCUT2D eigenvalue weighted by Crippen LogP contribution is 2.12. The minimum Gasteiger partial charge on any atom is -0.480 e. The maximum Gasteiger partial charge on any atom is 0.325 e. The van der Waals surface area contributed by atoms with Gasteiger partial charge >= 0.3 is 5.97 Å². The standard InChI is InChI=1S/C12H14N4O2/c1-16-8-14-10(15-16)7-13-11(12(17)18)9-5-3-2-4-6-9/h2-6,8,11,13H,7H2,1H3,(H,17,18). The highest BCUT2D eigenvalue weighted by atomic mass is 16.4. The maximum absolute atomic E-state index is 11.2. The smallest absolute Gasteiger partial charge is 0.325 e. The van der Waals surface area contributed by atoms with Crippen molar-refractivity contribution in [1.82, 2.24) is 20.1 Å². The minimum absolute atomic E-state index is 0.312. The molecule has 0 fully saturated rings. The number of rotatable bonds is 5. The molecule has 6 heteroatoms. The number of aryl methyl sites for hydroxylation is 1. The molecule has 0 amide bonds. The highest BCUT2D eigenvalue weighted by Gasteiger charge is 2.19. The normalized spacial score (nSPS) is 12.3. The van der Waals surface area contributed by atoms with Crippen molar-refractivity contribution in [3.63, 3.8) is 0 Å². The molecule has 0 saturated carbocycles. The molecule has 18 heavy (non-hydrogen) atoms. The molecule has 1 aromatic heterocycles. The molecule has 1 heterocycles. The van der Waals surface area contributed by atoms with Crippen molar-refractivity contribution in [1.29, 1.82) is 0 Å². The van der Waals surface area contributed by atoms with Crippen molar-refractivity contribution in [2.45, 2.75) is 12.6 Å². The first-order valence-corrected chi connectivity index (χ1v) is 5.52. The zero-order valence-electron chi connectivity index (χ0n) is 9.95. The SMILES string of the molecule is Cn1cnc(CNC(C(=O)O)c2ccccc2)n1. The molecule has 6 nitrogen and oxygen atoms in total. The van der Waals surface area contributed by atoms with Gasteiger partial charge in [0.15, 0.2) is 5.82 Å². The molecular weight excluding hydrogens is 232 g/mol. The van der Waals surface area contributed by atoms with Crippen LogP contribution in [0.25, 0.3) is 0 Å². The van der Waals surface area contributed by atoms with E-state index in [-0.39, 0.29) is 0 Å². The summed E-state index contributed by atoms with van der Waals surface area (Å²) >= 11 is 0. The molecular formula is C12H14N4O2. The van der Waals surface area contributed by atoms with Crippen LogP contribution in [0.3, 0.4) is 0 Å². The van der Waals surface area contributed by atoms with Crippen LogP contribution in [-0.4, -0.2) is 25.8 Å². The summed E-state index contributed by atoms with van der Waals surface area (Å²) < 4.78 is 1.58. The summed E-state index contributed by atoms with van der Waals surface area (Å²) in [6, 6.07) is 8.27. The van der Waals surface area contributed by atoms with Crippen LogP contribution in [-0.2, 0) is 18.4 Å². The van der Waals surface area contributed by atoms with Crippen molar-refractivity contribution in [3.8, 4) is 0 Å². The zero-order chi connectivity index (χ0) is 13.0. The van der Waals surface area contributed by atoms with Gasteiger partial charge in [-0.2, -0.15) is 5.10 Å². The Labute approximate surface area is 104 Å². The summed E-state index contributed by atoms with van der Waals surface area (Å²) in [7, 11) is 1.77. The van der Waals surface area contributed by atoms with Crippen LogP contribution in [0.5, 0.6) is 0 Å². The van der Waals surface area contributed by atoms with Crippen LogP contribution in [0.1, 0.15) is 17.4 Å². The summed E-state index contributed by atoms with van der Waals surface area (Å²) in [4.78, 5) is 15.3. The van der Waals surface area contributed by atoms with E-state index in [4.69, 9.17) is 0 Å². The van der Waals surface area contributed by atoms with Crippen molar-refractivity contribution in [2.75, 3.05) is 0 Å². The van der Waals surface area contributed by atoms with E-state index in [0.717, 1.165) is 0 Å². The number of hydrogen-bond donors (Lipinski definition) is 2. The van der Waals surface area contributed by atoms with Gasteiger partial charge in [0, 0.05) is 7.05 Å². The van der Waals surface area contributed by atoms with Crippen molar-refractivity contribution >= 4 is 5.97 Å². The Morgan fingerprint density at radius 1 is 1.44 bits per heavy atom. The van der Waals surface area contributed by atoms with E-state index in [1.807, 2.05) is 18.2 Å². The molecule has 0 aliphatic heterocycles. The second kappa shape index (κ2) is 5.42. The number of benzene rings is 1. The van der Waals surface area contributed by atoms with E-state index in [1.54, 1.807) is 30.2 Å². The van der Waals surface area contributed by atoms with Gasteiger partial charge in [0.2, 0.25) is 0 Å². The molecule has 1 aromatic carbocycles. The second-order valence-electron chi connectivity index (χ2n) is 3.90. The average Bonchev–Trinajstić information content (AvgIpc) is 2.76. The molecule has 1 atom stereocenters. The number of nitrogens with zero attached hydrogens (tertiary/aromatic N) is 3. The Balaban J connectivity index is 2.06. The average molecular weight is 246 g/mol. The lowest BCUT2D eigenvalue weighted by Crippen LogP contribution is -2.28. The fourth-order valence-electron chi connectivity index (χ4n) is 1.65. The van der Waals surface area contributed by atoms with Crippen molar-refractivity contribution < 1.29 is 9.90 Å². The number of carbonyl (C=O) groups is 1. The first-order valence-electron chi connectivity index (χ1n) is 5.52. The Morgan fingerprint density at radius 3 is 2.72 bits per heavy atom. The topological polar surface area (TPSA) is 80.0 Å². The Morgan fingerprint density at radius 2 is 2.17 bits per heavy atom. The molecule has 0 aliphatic rings. The molecule has 2 rings (SSSR count). The monoisotopic (exact) mass is 246 g/mol. The summed E-state index contributed by atoms with van der Waals surface area (Å²) in [6.07, 6.45) is 1.58. The van der Waals surface area contributed by atoms with E-state index in [1.165, 1.54) is 0 Å². The summed E-state index contributed by atoms with van der Waals surface area (Å²) in [5, 5.41) is 16.2. The molecule has 1 unspecified atom stereocenters. The number of carboxylic acids is 1. The highest BCUT2D eigenvalue weighted by molar-refractivity contribution is 5.75. The number of aromatic nitrogens is 3. The molecule has 0 bridgehead atoms. The lowest BCUT2D eigenvalue weighted by atomic mass is 10.1. The summed E-state index contributed by atoms with van der Waals surface area (Å²) in [5.74, 6) is -0.350. The summed E-state index contributed by atoms with van der Waals surface area (Å²) in [5.41, 5.74) is 0.709. The van der Waals surface area contributed by atoms with Crippen LogP contribution in [0.15, 0.2) is 36.7 Å². The third-order valence-electron chi connectivity index (χ3n) is 2.49. The van der Waals surface area contributed by atoms with Gasteiger partial charge in [-0.3, -0.25) is 14.8 Å². The molecule has 0 radical (unpaired) electrons. The number of nitrogens with one attached hydrogen (secondary N) is 1. The van der Waals surface area contributed by atoms with Gasteiger partial charge in [0.25, 0.3) is 0 Å². The van der Waals surface area contributed by atoms with Gasteiger partial charge in [-0.05, 0) is 5.56 Å². The van der Waals surface area contributed by atoms with E-state index in [9.17, 15) is 9.90 Å². The molecule has 94 valence electrons. The molecule has 0 spiro atoms. The lowest BCUT2D eigenvalue weighted by Gasteiger charge is -2.13. The van der Waals surface area contributed by atoms with Crippen LogP contribution in [0.4, 0.5) is 0 Å². The number of hydrogen-bond acceptors (Lipinski definition) is 4. The zero-order valence-corrected chi connectivity index (χ0v) is 9.95. The first-order chi connectivity index (χ1) is 8.66. The van der Waals surface area contributed by atoms with Gasteiger partial charge in [0.1, 0.15) is 12.4 Å². The predicted molar refractivity (Wildman–Crippen MR) is 64.7 cm³/mol. The predicted octanol–water partition coefficient (Wildman–Crippen LogP) is 0.731. The third kappa shape index (κ3) is 2.92. The molecule has 0 aliphatic carbocycles. The molecule has 2 aromatic rings. The van der Waals surface area contributed by atoms with Crippen molar-refractivity contribution in [3.05, 3.63) is 48.0 Å². The van der Waals surface area contributed by atoms with Gasteiger partial charge in [-0.15, -0.1) is 0 Å². The minimum atomic E-state index is -0.919. The molecule has 0 saturated heterocycles. The fourth-order valence-corrected chi connectivity index (χ4v) is 1.65. The maximum atomic E-state index is 11.2. The Bertz CT molecular complexity index is 524. The van der Waals surface area contributed by atoms with Crippen LogP contribution in [0.2, 0.25) is 0 Å². The van der Waals surface area contributed by atoms with Gasteiger partial charge < -0.3 is 5.11 Å². The van der Waals surface area contributed by atoms with Gasteiger partial charge in [0.05, 0.1) is 6.54 Å². The van der Waals surface area contributed by atoms with Crippen LogP contribution in [0, 0.1) is 0 Å². The van der Waals surface area contributed by atoms with E-state index >= 15 is 0 Å². The first kappa shape index (κ1) is 12.3. The van der Waals surface area contributed by atoms with Crippen LogP contribution >= 0.6 is 0 Å². The molecule has 2 N–H and O–H groups in total. The lowest BCUT2D eigenvalue weighted by molar-refractivity contribution is -0.139. The number of carboxylic acid groups (broad SMARTS) is 1.